The second-order valence-electron chi connectivity index (χ2n) is 4.32. The van der Waals surface area contributed by atoms with Crippen LogP contribution in [0.2, 0.25) is 0 Å². The number of carbonyl (C=O) groups excluding carboxylic acids is 1. The number of carbonyl (C=O) groups is 1. The van der Waals surface area contributed by atoms with Crippen molar-refractivity contribution in [1.29, 1.82) is 0 Å². The van der Waals surface area contributed by atoms with E-state index in [4.69, 9.17) is 4.74 Å². The molecule has 1 amide bonds. The summed E-state index contributed by atoms with van der Waals surface area (Å²) < 4.78 is 5.40. The monoisotopic (exact) mass is 235 g/mol. The van der Waals surface area contributed by atoms with Crippen LogP contribution in [0.5, 0.6) is 5.75 Å². The number of hydrogen-bond donors (Lipinski definition) is 2. The maximum Gasteiger partial charge on any atom is 0.251 e. The first-order valence-electron chi connectivity index (χ1n) is 5.90. The lowest BCUT2D eigenvalue weighted by Gasteiger charge is -2.06. The Kier molecular flexibility index (Phi) is 3.98. The predicted molar refractivity (Wildman–Crippen MR) is 64.0 cm³/mol. The molecule has 0 aromatic heterocycles. The molecule has 0 atom stereocenters. The van der Waals surface area contributed by atoms with Crippen LogP contribution in [0.15, 0.2) is 24.3 Å². The average molecular weight is 235 g/mol. The first-order valence-corrected chi connectivity index (χ1v) is 5.90. The quantitative estimate of drug-likeness (QED) is 0.735. The summed E-state index contributed by atoms with van der Waals surface area (Å²) in [6.07, 6.45) is 2.55. The van der Waals surface area contributed by atoms with Gasteiger partial charge in [0.05, 0.1) is 6.61 Å². The van der Waals surface area contributed by atoms with Crippen LogP contribution in [0, 0.1) is 5.92 Å². The minimum Gasteiger partial charge on any atom is -0.508 e. The minimum atomic E-state index is -0.184. The van der Waals surface area contributed by atoms with E-state index < -0.39 is 0 Å². The fourth-order valence-corrected chi connectivity index (χ4v) is 1.52. The molecule has 2 N–H and O–H groups in total. The zero-order valence-corrected chi connectivity index (χ0v) is 9.69. The van der Waals surface area contributed by atoms with Crippen LogP contribution in [0.3, 0.4) is 0 Å². The molecule has 92 valence electrons. The Hall–Kier alpha value is -1.55. The number of phenols is 1. The molecule has 1 aliphatic rings. The molecular weight excluding hydrogens is 218 g/mol. The molecule has 1 saturated carbocycles. The molecule has 1 aromatic rings. The van der Waals surface area contributed by atoms with E-state index in [1.54, 1.807) is 12.1 Å². The van der Waals surface area contributed by atoms with E-state index in [1.807, 2.05) is 0 Å². The number of rotatable bonds is 6. The molecule has 0 unspecified atom stereocenters. The second kappa shape index (κ2) is 5.68. The van der Waals surface area contributed by atoms with Crippen molar-refractivity contribution in [3.63, 3.8) is 0 Å². The number of phenolic OH excluding ortho intramolecular Hbond substituents is 1. The van der Waals surface area contributed by atoms with Gasteiger partial charge >= 0.3 is 0 Å². The van der Waals surface area contributed by atoms with Crippen molar-refractivity contribution >= 4 is 5.91 Å². The van der Waals surface area contributed by atoms with Crippen LogP contribution in [0.4, 0.5) is 0 Å². The van der Waals surface area contributed by atoms with Gasteiger partial charge in [-0.2, -0.15) is 0 Å². The highest BCUT2D eigenvalue weighted by Crippen LogP contribution is 2.28. The SMILES string of the molecule is O=C(NCCOCC1CC1)c1cccc(O)c1. The van der Waals surface area contributed by atoms with Gasteiger partial charge in [-0.25, -0.2) is 0 Å². The normalized spacial score (nSPS) is 14.6. The molecule has 4 nitrogen and oxygen atoms in total. The third kappa shape index (κ3) is 4.07. The molecule has 2 rings (SSSR count). The van der Waals surface area contributed by atoms with Crippen LogP contribution < -0.4 is 5.32 Å². The lowest BCUT2D eigenvalue weighted by molar-refractivity contribution is 0.0906. The molecule has 0 bridgehead atoms. The van der Waals surface area contributed by atoms with E-state index in [0.29, 0.717) is 18.7 Å². The van der Waals surface area contributed by atoms with Crippen molar-refractivity contribution < 1.29 is 14.6 Å². The van der Waals surface area contributed by atoms with E-state index in [9.17, 15) is 9.90 Å². The van der Waals surface area contributed by atoms with E-state index in [0.717, 1.165) is 12.5 Å². The molecule has 1 aromatic carbocycles. The van der Waals surface area contributed by atoms with Crippen molar-refractivity contribution in [1.82, 2.24) is 5.32 Å². The fraction of sp³-hybridized carbons (Fsp3) is 0.462. The maximum atomic E-state index is 11.6. The zero-order chi connectivity index (χ0) is 12.1. The van der Waals surface area contributed by atoms with Crippen LogP contribution in [0.25, 0.3) is 0 Å². The van der Waals surface area contributed by atoms with E-state index in [-0.39, 0.29) is 11.7 Å². The van der Waals surface area contributed by atoms with E-state index >= 15 is 0 Å². The van der Waals surface area contributed by atoms with Crippen molar-refractivity contribution in [2.75, 3.05) is 19.8 Å². The molecule has 0 aliphatic heterocycles. The summed E-state index contributed by atoms with van der Waals surface area (Å²) in [5.41, 5.74) is 0.465. The van der Waals surface area contributed by atoms with Gasteiger partial charge in [0, 0.05) is 18.7 Å². The Morgan fingerprint density at radius 3 is 3.00 bits per heavy atom. The van der Waals surface area contributed by atoms with Gasteiger partial charge in [-0.3, -0.25) is 4.79 Å². The van der Waals surface area contributed by atoms with Gasteiger partial charge in [-0.05, 0) is 37.0 Å². The number of hydrogen-bond acceptors (Lipinski definition) is 3. The molecule has 17 heavy (non-hydrogen) atoms. The number of nitrogens with one attached hydrogen (secondary N) is 1. The van der Waals surface area contributed by atoms with Crippen molar-refractivity contribution in [3.05, 3.63) is 29.8 Å². The maximum absolute atomic E-state index is 11.6. The zero-order valence-electron chi connectivity index (χ0n) is 9.69. The molecule has 0 spiro atoms. The topological polar surface area (TPSA) is 58.6 Å². The number of benzene rings is 1. The van der Waals surface area contributed by atoms with Gasteiger partial charge in [-0.1, -0.05) is 6.07 Å². The summed E-state index contributed by atoms with van der Waals surface area (Å²) >= 11 is 0. The highest BCUT2D eigenvalue weighted by atomic mass is 16.5. The van der Waals surface area contributed by atoms with Crippen LogP contribution in [-0.2, 0) is 4.74 Å². The molecule has 4 heteroatoms. The first-order chi connectivity index (χ1) is 8.25. The third-order valence-corrected chi connectivity index (χ3v) is 2.69. The highest BCUT2D eigenvalue weighted by Gasteiger charge is 2.20. The number of amides is 1. The summed E-state index contributed by atoms with van der Waals surface area (Å²) in [4.78, 5) is 11.6. The van der Waals surface area contributed by atoms with Gasteiger partial charge in [-0.15, -0.1) is 0 Å². The molecule has 1 fully saturated rings. The smallest absolute Gasteiger partial charge is 0.251 e. The Bertz CT molecular complexity index is 388. The van der Waals surface area contributed by atoms with Gasteiger partial charge < -0.3 is 15.2 Å². The largest absolute Gasteiger partial charge is 0.508 e. The number of aromatic hydroxyl groups is 1. The summed E-state index contributed by atoms with van der Waals surface area (Å²) in [7, 11) is 0. The number of ether oxygens (including phenoxy) is 1. The first kappa shape index (κ1) is 11.9. The summed E-state index contributed by atoms with van der Waals surface area (Å²) in [5, 5.41) is 12.0. The Morgan fingerprint density at radius 2 is 2.29 bits per heavy atom. The van der Waals surface area contributed by atoms with Gasteiger partial charge in [0.25, 0.3) is 5.91 Å². The fourth-order valence-electron chi connectivity index (χ4n) is 1.52. The van der Waals surface area contributed by atoms with Crippen LogP contribution in [0.1, 0.15) is 23.2 Å². The van der Waals surface area contributed by atoms with Crippen molar-refractivity contribution in [3.8, 4) is 5.75 Å². The van der Waals surface area contributed by atoms with Crippen LogP contribution >= 0.6 is 0 Å². The summed E-state index contributed by atoms with van der Waals surface area (Å²) in [6.45, 7) is 1.85. The molecule has 0 saturated heterocycles. The summed E-state index contributed by atoms with van der Waals surface area (Å²) in [6, 6.07) is 6.30. The second-order valence-corrected chi connectivity index (χ2v) is 4.32. The van der Waals surface area contributed by atoms with Gasteiger partial charge in [0.1, 0.15) is 5.75 Å². The highest BCUT2D eigenvalue weighted by molar-refractivity contribution is 5.94. The van der Waals surface area contributed by atoms with E-state index in [1.165, 1.54) is 25.0 Å². The van der Waals surface area contributed by atoms with E-state index in [2.05, 4.69) is 5.32 Å². The molecular formula is C13H17NO3. The van der Waals surface area contributed by atoms with Crippen molar-refractivity contribution in [2.45, 2.75) is 12.8 Å². The Morgan fingerprint density at radius 1 is 1.47 bits per heavy atom. The standard InChI is InChI=1S/C13H17NO3/c15-12-3-1-2-11(8-12)13(16)14-6-7-17-9-10-4-5-10/h1-3,8,10,15H,4-7,9H2,(H,14,16). The minimum absolute atomic E-state index is 0.0997. The third-order valence-electron chi connectivity index (χ3n) is 2.69. The lowest BCUT2D eigenvalue weighted by atomic mass is 10.2. The van der Waals surface area contributed by atoms with Crippen molar-refractivity contribution in [2.24, 2.45) is 5.92 Å². The Balaban J connectivity index is 1.65. The molecule has 1 aliphatic carbocycles. The average Bonchev–Trinajstić information content (AvgIpc) is 3.12. The lowest BCUT2D eigenvalue weighted by Crippen LogP contribution is -2.27. The Labute approximate surface area is 101 Å². The predicted octanol–water partition coefficient (Wildman–Crippen LogP) is 1.55. The molecule has 0 heterocycles. The van der Waals surface area contributed by atoms with Crippen LogP contribution in [-0.4, -0.2) is 30.8 Å². The van der Waals surface area contributed by atoms with Gasteiger partial charge in [0.15, 0.2) is 0 Å². The van der Waals surface area contributed by atoms with Gasteiger partial charge in [0.2, 0.25) is 0 Å². The molecule has 0 radical (unpaired) electrons. The summed E-state index contributed by atoms with van der Waals surface area (Å²) in [5.74, 6) is 0.662.